The molecule has 3 heteroatoms. The molecule has 0 aromatic carbocycles. The third-order valence-electron chi connectivity index (χ3n) is 2.94. The van der Waals surface area contributed by atoms with Crippen molar-refractivity contribution in [3.8, 4) is 0 Å². The van der Waals surface area contributed by atoms with Crippen LogP contribution in [0.25, 0.3) is 0 Å². The Morgan fingerprint density at radius 2 is 2.13 bits per heavy atom. The van der Waals surface area contributed by atoms with E-state index in [-0.39, 0.29) is 5.91 Å². The van der Waals surface area contributed by atoms with Gasteiger partial charge in [-0.25, -0.2) is 0 Å². The monoisotopic (exact) mass is 207 g/mol. The lowest BCUT2D eigenvalue weighted by molar-refractivity contribution is 0.0722. The average molecular weight is 207 g/mol. The maximum absolute atomic E-state index is 12.1. The van der Waals surface area contributed by atoms with Crippen LogP contribution in [0, 0.1) is 0 Å². The molecule has 0 saturated carbocycles. The number of piperidine rings is 1. The lowest BCUT2D eigenvalue weighted by atomic mass is 10.1. The summed E-state index contributed by atoms with van der Waals surface area (Å²) < 4.78 is 5.28. The second-order valence-electron chi connectivity index (χ2n) is 3.96. The molecular formula is C12H17NO2. The molecule has 1 saturated heterocycles. The second-order valence-corrected chi connectivity index (χ2v) is 3.96. The Hall–Kier alpha value is -1.25. The third kappa shape index (κ3) is 2.06. The molecule has 2 rings (SSSR count). The van der Waals surface area contributed by atoms with E-state index in [2.05, 4.69) is 0 Å². The van der Waals surface area contributed by atoms with Crippen LogP contribution in [0.1, 0.15) is 42.3 Å². The van der Waals surface area contributed by atoms with Crippen molar-refractivity contribution in [3.63, 3.8) is 0 Å². The zero-order valence-corrected chi connectivity index (χ0v) is 9.16. The minimum Gasteiger partial charge on any atom is -0.469 e. The van der Waals surface area contributed by atoms with Crippen LogP contribution in [0.2, 0.25) is 0 Å². The number of rotatable bonds is 2. The highest BCUT2D eigenvalue weighted by molar-refractivity contribution is 5.95. The van der Waals surface area contributed by atoms with Gasteiger partial charge in [-0.3, -0.25) is 4.79 Å². The topological polar surface area (TPSA) is 33.5 Å². The van der Waals surface area contributed by atoms with Crippen LogP contribution < -0.4 is 0 Å². The molecule has 1 aliphatic rings. The predicted octanol–water partition coefficient (Wildman–Crippen LogP) is 2.47. The average Bonchev–Trinajstić information content (AvgIpc) is 2.77. The van der Waals surface area contributed by atoms with Crippen LogP contribution in [0.3, 0.4) is 0 Å². The van der Waals surface area contributed by atoms with Gasteiger partial charge in [0.25, 0.3) is 5.91 Å². The van der Waals surface area contributed by atoms with E-state index in [1.807, 2.05) is 11.8 Å². The van der Waals surface area contributed by atoms with Gasteiger partial charge in [0.1, 0.15) is 5.76 Å². The summed E-state index contributed by atoms with van der Waals surface area (Å²) in [6, 6.07) is 1.79. The molecule has 0 N–H and O–H groups in total. The van der Waals surface area contributed by atoms with Gasteiger partial charge in [0.2, 0.25) is 0 Å². The van der Waals surface area contributed by atoms with E-state index in [4.69, 9.17) is 4.42 Å². The number of furan rings is 1. The molecule has 0 bridgehead atoms. The summed E-state index contributed by atoms with van der Waals surface area (Å²) in [5.74, 6) is 0.950. The number of nitrogens with zero attached hydrogens (tertiary/aromatic N) is 1. The van der Waals surface area contributed by atoms with Crippen molar-refractivity contribution in [2.45, 2.75) is 32.6 Å². The van der Waals surface area contributed by atoms with Crippen molar-refractivity contribution >= 4 is 5.91 Å². The molecule has 0 unspecified atom stereocenters. The first kappa shape index (κ1) is 10.3. The number of hydrogen-bond donors (Lipinski definition) is 0. The molecule has 0 atom stereocenters. The first-order valence-electron chi connectivity index (χ1n) is 5.68. The van der Waals surface area contributed by atoms with E-state index in [9.17, 15) is 4.79 Å². The second kappa shape index (κ2) is 4.51. The zero-order valence-electron chi connectivity index (χ0n) is 9.16. The van der Waals surface area contributed by atoms with Crippen LogP contribution in [0.5, 0.6) is 0 Å². The Labute approximate surface area is 90.1 Å². The van der Waals surface area contributed by atoms with E-state index < -0.39 is 0 Å². The highest BCUT2D eigenvalue weighted by Gasteiger charge is 2.21. The van der Waals surface area contributed by atoms with Crippen molar-refractivity contribution < 1.29 is 9.21 Å². The van der Waals surface area contributed by atoms with E-state index >= 15 is 0 Å². The number of amides is 1. The number of hydrogen-bond acceptors (Lipinski definition) is 2. The maximum Gasteiger partial charge on any atom is 0.257 e. The first-order valence-corrected chi connectivity index (χ1v) is 5.68. The summed E-state index contributed by atoms with van der Waals surface area (Å²) in [6.45, 7) is 3.80. The SMILES string of the molecule is CCc1occc1C(=O)N1CCCCC1. The van der Waals surface area contributed by atoms with E-state index in [0.717, 1.165) is 43.7 Å². The predicted molar refractivity (Wildman–Crippen MR) is 57.8 cm³/mol. The van der Waals surface area contributed by atoms with Crippen LogP contribution in [0.4, 0.5) is 0 Å². The molecule has 0 radical (unpaired) electrons. The first-order chi connectivity index (χ1) is 7.33. The zero-order chi connectivity index (χ0) is 10.7. The summed E-state index contributed by atoms with van der Waals surface area (Å²) in [5, 5.41) is 0. The smallest absolute Gasteiger partial charge is 0.257 e. The van der Waals surface area contributed by atoms with Gasteiger partial charge in [0, 0.05) is 19.5 Å². The molecule has 0 spiro atoms. The molecule has 3 nitrogen and oxygen atoms in total. The van der Waals surface area contributed by atoms with Crippen LogP contribution in [-0.4, -0.2) is 23.9 Å². The fourth-order valence-electron chi connectivity index (χ4n) is 2.07. The molecule has 15 heavy (non-hydrogen) atoms. The van der Waals surface area contributed by atoms with Crippen LogP contribution in [0.15, 0.2) is 16.7 Å². The van der Waals surface area contributed by atoms with Gasteiger partial charge in [0.05, 0.1) is 11.8 Å². The van der Waals surface area contributed by atoms with Gasteiger partial charge in [-0.2, -0.15) is 0 Å². The molecule has 1 amide bonds. The van der Waals surface area contributed by atoms with Gasteiger partial charge >= 0.3 is 0 Å². The lowest BCUT2D eigenvalue weighted by Gasteiger charge is -2.26. The molecule has 1 aliphatic heterocycles. The molecule has 82 valence electrons. The molecule has 2 heterocycles. The Balaban J connectivity index is 2.12. The molecule has 1 aromatic rings. The third-order valence-corrected chi connectivity index (χ3v) is 2.94. The standard InChI is InChI=1S/C12H17NO2/c1-2-11-10(6-9-15-11)12(14)13-7-4-3-5-8-13/h6,9H,2-5,7-8H2,1H3. The van der Waals surface area contributed by atoms with Crippen LogP contribution >= 0.6 is 0 Å². The van der Waals surface area contributed by atoms with Crippen LogP contribution in [-0.2, 0) is 6.42 Å². The highest BCUT2D eigenvalue weighted by atomic mass is 16.3. The van der Waals surface area contributed by atoms with E-state index in [1.54, 1.807) is 12.3 Å². The fraction of sp³-hybridized carbons (Fsp3) is 0.583. The maximum atomic E-state index is 12.1. The van der Waals surface area contributed by atoms with Crippen molar-refractivity contribution in [1.82, 2.24) is 4.90 Å². The molecule has 1 fully saturated rings. The lowest BCUT2D eigenvalue weighted by Crippen LogP contribution is -2.35. The van der Waals surface area contributed by atoms with Gasteiger partial charge in [-0.1, -0.05) is 6.92 Å². The normalized spacial score (nSPS) is 16.7. The number of carbonyl (C=O) groups is 1. The Morgan fingerprint density at radius 3 is 2.80 bits per heavy atom. The molecular weight excluding hydrogens is 190 g/mol. The summed E-state index contributed by atoms with van der Waals surface area (Å²) in [5.41, 5.74) is 0.749. The van der Waals surface area contributed by atoms with Crippen molar-refractivity contribution in [2.75, 3.05) is 13.1 Å². The summed E-state index contributed by atoms with van der Waals surface area (Å²) in [4.78, 5) is 14.0. The minimum atomic E-state index is 0.139. The minimum absolute atomic E-state index is 0.139. The van der Waals surface area contributed by atoms with Gasteiger partial charge < -0.3 is 9.32 Å². The highest BCUT2D eigenvalue weighted by Crippen LogP contribution is 2.17. The summed E-state index contributed by atoms with van der Waals surface area (Å²) in [7, 11) is 0. The van der Waals surface area contributed by atoms with Crippen molar-refractivity contribution in [3.05, 3.63) is 23.7 Å². The quantitative estimate of drug-likeness (QED) is 0.746. The number of likely N-dealkylation sites (tertiary alicyclic amines) is 1. The summed E-state index contributed by atoms with van der Waals surface area (Å²) in [6.07, 6.45) is 5.89. The van der Waals surface area contributed by atoms with E-state index in [0.29, 0.717) is 0 Å². The number of carbonyl (C=O) groups excluding carboxylic acids is 1. The molecule has 0 aliphatic carbocycles. The Bertz CT molecular complexity index is 337. The van der Waals surface area contributed by atoms with Crippen molar-refractivity contribution in [2.24, 2.45) is 0 Å². The van der Waals surface area contributed by atoms with Gasteiger partial charge in [-0.05, 0) is 25.3 Å². The largest absolute Gasteiger partial charge is 0.469 e. The Morgan fingerprint density at radius 1 is 1.40 bits per heavy atom. The van der Waals surface area contributed by atoms with Gasteiger partial charge in [-0.15, -0.1) is 0 Å². The fourth-order valence-corrected chi connectivity index (χ4v) is 2.07. The Kier molecular flexibility index (Phi) is 3.09. The van der Waals surface area contributed by atoms with Gasteiger partial charge in [0.15, 0.2) is 0 Å². The number of aryl methyl sites for hydroxylation is 1. The van der Waals surface area contributed by atoms with E-state index in [1.165, 1.54) is 6.42 Å². The summed E-state index contributed by atoms with van der Waals surface area (Å²) >= 11 is 0. The molecule has 1 aromatic heterocycles. The van der Waals surface area contributed by atoms with Crippen molar-refractivity contribution in [1.29, 1.82) is 0 Å².